The predicted molar refractivity (Wildman–Crippen MR) is 89.0 cm³/mol. The highest BCUT2D eigenvalue weighted by Crippen LogP contribution is 2.31. The Morgan fingerprint density at radius 2 is 1.88 bits per heavy atom. The van der Waals surface area contributed by atoms with Gasteiger partial charge >= 0.3 is 0 Å². The van der Waals surface area contributed by atoms with Crippen LogP contribution in [0.3, 0.4) is 0 Å². The van der Waals surface area contributed by atoms with Crippen LogP contribution in [0.4, 0.5) is 5.69 Å². The van der Waals surface area contributed by atoms with Gasteiger partial charge in [0.25, 0.3) is 11.6 Å². The number of rotatable bonds is 6. The molecular formula is C18H18N2O4. The molecule has 0 atom stereocenters. The molecular weight excluding hydrogens is 308 g/mol. The highest BCUT2D eigenvalue weighted by Gasteiger charge is 2.35. The molecule has 0 heterocycles. The van der Waals surface area contributed by atoms with Crippen LogP contribution >= 0.6 is 0 Å². The van der Waals surface area contributed by atoms with Gasteiger partial charge in [-0.25, -0.2) is 0 Å². The highest BCUT2D eigenvalue weighted by atomic mass is 16.6. The number of para-hydroxylation sites is 1. The van der Waals surface area contributed by atoms with E-state index in [0.29, 0.717) is 6.54 Å². The van der Waals surface area contributed by atoms with Crippen LogP contribution in [0.1, 0.15) is 28.8 Å². The van der Waals surface area contributed by atoms with E-state index >= 15 is 0 Å². The Kier molecular flexibility index (Phi) is 4.46. The van der Waals surface area contributed by atoms with Crippen molar-refractivity contribution in [1.82, 2.24) is 4.90 Å². The molecule has 0 radical (unpaired) electrons. The minimum atomic E-state index is -0.508. The Morgan fingerprint density at radius 3 is 2.46 bits per heavy atom. The van der Waals surface area contributed by atoms with Gasteiger partial charge in [0.1, 0.15) is 11.3 Å². The van der Waals surface area contributed by atoms with E-state index in [4.69, 9.17) is 4.74 Å². The molecule has 0 unspecified atom stereocenters. The third kappa shape index (κ3) is 3.37. The minimum Gasteiger partial charge on any atom is -0.497 e. The summed E-state index contributed by atoms with van der Waals surface area (Å²) in [6.07, 6.45) is 1.87. The lowest BCUT2D eigenvalue weighted by Crippen LogP contribution is -2.33. The number of carbonyl (C=O) groups is 1. The number of nitrogens with zero attached hydrogens (tertiary/aromatic N) is 2. The van der Waals surface area contributed by atoms with Gasteiger partial charge in [-0.15, -0.1) is 0 Å². The number of hydrogen-bond donors (Lipinski definition) is 0. The Labute approximate surface area is 139 Å². The molecule has 2 aromatic carbocycles. The molecule has 1 saturated carbocycles. The maximum atomic E-state index is 12.9. The summed E-state index contributed by atoms with van der Waals surface area (Å²) in [6, 6.07) is 13.8. The predicted octanol–water partition coefficient (Wildman–Crippen LogP) is 3.41. The maximum Gasteiger partial charge on any atom is 0.282 e. The zero-order chi connectivity index (χ0) is 17.1. The van der Waals surface area contributed by atoms with E-state index in [0.717, 1.165) is 24.2 Å². The number of benzene rings is 2. The zero-order valence-corrected chi connectivity index (χ0v) is 13.3. The number of nitro groups is 1. The molecule has 6 nitrogen and oxygen atoms in total. The molecule has 1 fully saturated rings. The van der Waals surface area contributed by atoms with E-state index in [1.165, 1.54) is 12.1 Å². The fourth-order valence-electron chi connectivity index (χ4n) is 2.65. The molecule has 0 aromatic heterocycles. The third-order valence-corrected chi connectivity index (χ3v) is 4.09. The SMILES string of the molecule is COc1ccc(CN(C(=O)c2ccccc2[N+](=O)[O-])C2CC2)cc1. The number of methoxy groups -OCH3 is 1. The molecule has 0 spiro atoms. The molecule has 1 aliphatic rings. The number of amides is 1. The van der Waals surface area contributed by atoms with Crippen molar-refractivity contribution in [3.05, 3.63) is 69.8 Å². The smallest absolute Gasteiger partial charge is 0.282 e. The number of ether oxygens (including phenoxy) is 1. The average Bonchev–Trinajstić information content (AvgIpc) is 3.44. The van der Waals surface area contributed by atoms with E-state index in [9.17, 15) is 14.9 Å². The summed E-state index contributed by atoms with van der Waals surface area (Å²) in [4.78, 5) is 25.3. The Morgan fingerprint density at radius 1 is 1.21 bits per heavy atom. The topological polar surface area (TPSA) is 72.7 Å². The van der Waals surface area contributed by atoms with Crippen molar-refractivity contribution in [3.8, 4) is 5.75 Å². The Balaban J connectivity index is 1.85. The summed E-state index contributed by atoms with van der Waals surface area (Å²) in [5.74, 6) is 0.461. The quantitative estimate of drug-likeness (QED) is 0.602. The van der Waals surface area contributed by atoms with Crippen molar-refractivity contribution in [2.24, 2.45) is 0 Å². The monoisotopic (exact) mass is 326 g/mol. The summed E-state index contributed by atoms with van der Waals surface area (Å²) in [5.41, 5.74) is 0.959. The summed E-state index contributed by atoms with van der Waals surface area (Å²) in [7, 11) is 1.60. The molecule has 0 aliphatic heterocycles. The molecule has 1 aliphatic carbocycles. The average molecular weight is 326 g/mol. The van der Waals surface area contributed by atoms with Gasteiger partial charge in [-0.05, 0) is 36.6 Å². The molecule has 6 heteroatoms. The molecule has 124 valence electrons. The summed E-state index contributed by atoms with van der Waals surface area (Å²) < 4.78 is 5.14. The molecule has 1 amide bonds. The van der Waals surface area contributed by atoms with Crippen LogP contribution < -0.4 is 4.74 Å². The molecule has 0 bridgehead atoms. The first-order valence-electron chi connectivity index (χ1n) is 7.77. The van der Waals surface area contributed by atoms with Gasteiger partial charge in [-0.2, -0.15) is 0 Å². The summed E-state index contributed by atoms with van der Waals surface area (Å²) in [5, 5.41) is 11.2. The van der Waals surface area contributed by atoms with Crippen molar-refractivity contribution in [2.45, 2.75) is 25.4 Å². The van der Waals surface area contributed by atoms with Crippen LogP contribution in [0.2, 0.25) is 0 Å². The van der Waals surface area contributed by atoms with Crippen LogP contribution in [0.25, 0.3) is 0 Å². The highest BCUT2D eigenvalue weighted by molar-refractivity contribution is 5.98. The van der Waals surface area contributed by atoms with Crippen molar-refractivity contribution >= 4 is 11.6 Å². The van der Waals surface area contributed by atoms with Crippen LogP contribution in [-0.4, -0.2) is 28.9 Å². The van der Waals surface area contributed by atoms with Gasteiger partial charge in [0.2, 0.25) is 0 Å². The third-order valence-electron chi connectivity index (χ3n) is 4.09. The lowest BCUT2D eigenvalue weighted by Gasteiger charge is -2.22. The standard InChI is InChI=1S/C18H18N2O4/c1-24-15-10-6-13(7-11-15)12-19(14-8-9-14)18(21)16-4-2-3-5-17(16)20(22)23/h2-7,10-11,14H,8-9,12H2,1H3. The second kappa shape index (κ2) is 6.70. The largest absolute Gasteiger partial charge is 0.497 e. The molecule has 0 N–H and O–H groups in total. The van der Waals surface area contributed by atoms with E-state index in [1.54, 1.807) is 24.1 Å². The first kappa shape index (κ1) is 16.0. The van der Waals surface area contributed by atoms with Gasteiger partial charge in [0, 0.05) is 18.7 Å². The van der Waals surface area contributed by atoms with Crippen molar-refractivity contribution in [2.75, 3.05) is 7.11 Å². The lowest BCUT2D eigenvalue weighted by atomic mass is 10.1. The molecule has 3 rings (SSSR count). The van der Waals surface area contributed by atoms with E-state index in [1.807, 2.05) is 24.3 Å². The normalized spacial score (nSPS) is 13.4. The van der Waals surface area contributed by atoms with Gasteiger partial charge in [0.15, 0.2) is 0 Å². The summed E-state index contributed by atoms with van der Waals surface area (Å²) >= 11 is 0. The van der Waals surface area contributed by atoms with Gasteiger partial charge in [-0.3, -0.25) is 14.9 Å². The first-order valence-corrected chi connectivity index (χ1v) is 7.77. The van der Waals surface area contributed by atoms with Crippen LogP contribution in [0, 0.1) is 10.1 Å². The first-order chi connectivity index (χ1) is 11.6. The van der Waals surface area contributed by atoms with Crippen molar-refractivity contribution in [3.63, 3.8) is 0 Å². The van der Waals surface area contributed by atoms with Gasteiger partial charge < -0.3 is 9.64 Å². The Bertz CT molecular complexity index is 754. The fourth-order valence-corrected chi connectivity index (χ4v) is 2.65. The van der Waals surface area contributed by atoms with Crippen molar-refractivity contribution in [1.29, 1.82) is 0 Å². The van der Waals surface area contributed by atoms with Crippen LogP contribution in [0.5, 0.6) is 5.75 Å². The fraction of sp³-hybridized carbons (Fsp3) is 0.278. The maximum absolute atomic E-state index is 12.9. The molecule has 24 heavy (non-hydrogen) atoms. The van der Waals surface area contributed by atoms with Crippen LogP contribution in [0.15, 0.2) is 48.5 Å². The van der Waals surface area contributed by atoms with Gasteiger partial charge in [-0.1, -0.05) is 24.3 Å². The second-order valence-corrected chi connectivity index (χ2v) is 5.79. The van der Waals surface area contributed by atoms with Crippen LogP contribution in [-0.2, 0) is 6.54 Å². The van der Waals surface area contributed by atoms with Crippen molar-refractivity contribution < 1.29 is 14.5 Å². The zero-order valence-electron chi connectivity index (χ0n) is 13.3. The molecule has 0 saturated heterocycles. The number of hydrogen-bond acceptors (Lipinski definition) is 4. The van der Waals surface area contributed by atoms with E-state index < -0.39 is 4.92 Å². The minimum absolute atomic E-state index is 0.142. The van der Waals surface area contributed by atoms with E-state index in [2.05, 4.69) is 0 Å². The number of carbonyl (C=O) groups excluding carboxylic acids is 1. The molecule has 2 aromatic rings. The Hall–Kier alpha value is -2.89. The number of nitro benzene ring substituents is 1. The summed E-state index contributed by atoms with van der Waals surface area (Å²) in [6.45, 7) is 0.430. The second-order valence-electron chi connectivity index (χ2n) is 5.79. The van der Waals surface area contributed by atoms with Gasteiger partial charge in [0.05, 0.1) is 12.0 Å². The lowest BCUT2D eigenvalue weighted by molar-refractivity contribution is -0.385. The van der Waals surface area contributed by atoms with E-state index in [-0.39, 0.29) is 23.2 Å².